The Morgan fingerprint density at radius 2 is 2.27 bits per heavy atom. The average Bonchev–Trinajstić information content (AvgIpc) is 2.95. The maximum absolute atomic E-state index is 9.10. The lowest BCUT2D eigenvalue weighted by Crippen LogP contribution is -2.17. The van der Waals surface area contributed by atoms with Gasteiger partial charge in [-0.3, -0.25) is 4.68 Å². The van der Waals surface area contributed by atoms with Crippen molar-refractivity contribution in [2.24, 2.45) is 5.73 Å². The van der Waals surface area contributed by atoms with E-state index in [0.717, 1.165) is 5.56 Å². The molecule has 1 aliphatic carbocycles. The quantitative estimate of drug-likeness (QED) is 0.786. The van der Waals surface area contributed by atoms with Gasteiger partial charge >= 0.3 is 0 Å². The van der Waals surface area contributed by atoms with Gasteiger partial charge in [0.25, 0.3) is 0 Å². The zero-order chi connectivity index (χ0) is 11.0. The van der Waals surface area contributed by atoms with E-state index in [9.17, 15) is 0 Å². The van der Waals surface area contributed by atoms with Gasteiger partial charge in [0.1, 0.15) is 0 Å². The van der Waals surface area contributed by atoms with Gasteiger partial charge in [-0.1, -0.05) is 0 Å². The molecule has 4 heteroatoms. The first kappa shape index (κ1) is 10.6. The normalized spacial score (nSPS) is 18.5. The van der Waals surface area contributed by atoms with Crippen LogP contribution in [-0.4, -0.2) is 21.5 Å². The molecule has 1 unspecified atom stereocenters. The molecule has 0 spiro atoms. The molecule has 1 aromatic rings. The highest BCUT2D eigenvalue weighted by atomic mass is 16.3. The lowest BCUT2D eigenvalue weighted by molar-refractivity contribution is 0.267. The summed E-state index contributed by atoms with van der Waals surface area (Å²) in [6, 6.07) is 0.0772. The average molecular weight is 209 g/mol. The summed E-state index contributed by atoms with van der Waals surface area (Å²) < 4.78 is 2.04. The maximum atomic E-state index is 9.10. The third-order valence-corrected chi connectivity index (χ3v) is 2.91. The minimum atomic E-state index is -0.284. The van der Waals surface area contributed by atoms with E-state index in [-0.39, 0.29) is 12.6 Å². The summed E-state index contributed by atoms with van der Waals surface area (Å²) in [6.07, 6.45) is 4.27. The van der Waals surface area contributed by atoms with Crippen molar-refractivity contribution in [2.45, 2.75) is 44.7 Å². The molecule has 0 aromatic carbocycles. The van der Waals surface area contributed by atoms with Crippen LogP contribution in [0.2, 0.25) is 0 Å². The molecule has 1 atom stereocenters. The van der Waals surface area contributed by atoms with E-state index in [1.807, 2.05) is 10.9 Å². The van der Waals surface area contributed by atoms with Gasteiger partial charge in [-0.05, 0) is 26.7 Å². The third-order valence-electron chi connectivity index (χ3n) is 2.91. The number of hydrogen-bond acceptors (Lipinski definition) is 3. The second-order valence-electron chi connectivity index (χ2n) is 4.59. The third kappa shape index (κ3) is 1.92. The molecular formula is C11H19N3O. The fraction of sp³-hybridized carbons (Fsp3) is 0.727. The molecule has 0 radical (unpaired) electrons. The summed E-state index contributed by atoms with van der Waals surface area (Å²) in [5.74, 6) is 0.613. The van der Waals surface area contributed by atoms with E-state index in [1.165, 1.54) is 18.5 Å². The van der Waals surface area contributed by atoms with Gasteiger partial charge in [0, 0.05) is 23.2 Å². The fourth-order valence-electron chi connectivity index (χ4n) is 1.96. The number of nitrogens with two attached hydrogens (primary N) is 1. The monoisotopic (exact) mass is 209 g/mol. The van der Waals surface area contributed by atoms with E-state index < -0.39 is 0 Å². The SMILES string of the molecule is CC(C)n1ncc(C(N)CO)c1C1CC1. The van der Waals surface area contributed by atoms with Crippen LogP contribution in [0.4, 0.5) is 0 Å². The van der Waals surface area contributed by atoms with Crippen LogP contribution in [-0.2, 0) is 0 Å². The van der Waals surface area contributed by atoms with Crippen LogP contribution in [0.5, 0.6) is 0 Å². The first-order chi connectivity index (χ1) is 7.15. The van der Waals surface area contributed by atoms with Crippen LogP contribution >= 0.6 is 0 Å². The smallest absolute Gasteiger partial charge is 0.0625 e. The predicted octanol–water partition coefficient (Wildman–Crippen LogP) is 1.33. The summed E-state index contributed by atoms with van der Waals surface area (Å²) in [5.41, 5.74) is 8.13. The van der Waals surface area contributed by atoms with Crippen LogP contribution in [0.25, 0.3) is 0 Å². The minimum absolute atomic E-state index is 0.0104. The summed E-state index contributed by atoms with van der Waals surface area (Å²) >= 11 is 0. The molecule has 2 rings (SSSR count). The molecular weight excluding hydrogens is 190 g/mol. The number of aromatic nitrogens is 2. The molecule has 0 amide bonds. The molecule has 0 saturated heterocycles. The first-order valence-electron chi connectivity index (χ1n) is 5.59. The van der Waals surface area contributed by atoms with Crippen LogP contribution in [0.1, 0.15) is 55.9 Å². The number of aliphatic hydroxyl groups excluding tert-OH is 1. The molecule has 1 saturated carbocycles. The van der Waals surface area contributed by atoms with Crippen molar-refractivity contribution < 1.29 is 5.11 Å². The van der Waals surface area contributed by atoms with Crippen LogP contribution in [0.3, 0.4) is 0 Å². The molecule has 4 nitrogen and oxygen atoms in total. The van der Waals surface area contributed by atoms with E-state index in [4.69, 9.17) is 10.8 Å². The highest BCUT2D eigenvalue weighted by Crippen LogP contribution is 2.43. The molecule has 0 bridgehead atoms. The zero-order valence-corrected chi connectivity index (χ0v) is 9.35. The molecule has 1 aromatic heterocycles. The van der Waals surface area contributed by atoms with Crippen molar-refractivity contribution in [3.05, 3.63) is 17.5 Å². The Bertz CT molecular complexity index is 342. The molecule has 3 N–H and O–H groups in total. The van der Waals surface area contributed by atoms with Gasteiger partial charge in [-0.25, -0.2) is 0 Å². The standard InChI is InChI=1S/C11H19N3O/c1-7(2)14-11(8-3-4-8)9(5-13-14)10(12)6-15/h5,7-8,10,15H,3-4,6,12H2,1-2H3. The van der Waals surface area contributed by atoms with E-state index in [1.54, 1.807) is 0 Å². The van der Waals surface area contributed by atoms with Crippen molar-refractivity contribution in [3.63, 3.8) is 0 Å². The van der Waals surface area contributed by atoms with E-state index in [2.05, 4.69) is 18.9 Å². The molecule has 84 valence electrons. The van der Waals surface area contributed by atoms with Gasteiger partial charge in [0.05, 0.1) is 18.8 Å². The Balaban J connectivity index is 2.37. The Labute approximate surface area is 90.1 Å². The van der Waals surface area contributed by atoms with Crippen LogP contribution < -0.4 is 5.73 Å². The van der Waals surface area contributed by atoms with Gasteiger partial charge in [-0.15, -0.1) is 0 Å². The molecule has 15 heavy (non-hydrogen) atoms. The summed E-state index contributed by atoms with van der Waals surface area (Å²) in [5, 5.41) is 13.5. The van der Waals surface area contributed by atoms with Gasteiger partial charge in [0.15, 0.2) is 0 Å². The Morgan fingerprint density at radius 3 is 2.73 bits per heavy atom. The summed E-state index contributed by atoms with van der Waals surface area (Å²) in [6.45, 7) is 4.23. The second kappa shape index (κ2) is 3.94. The van der Waals surface area contributed by atoms with Crippen molar-refractivity contribution >= 4 is 0 Å². The second-order valence-corrected chi connectivity index (χ2v) is 4.59. The van der Waals surface area contributed by atoms with E-state index in [0.29, 0.717) is 12.0 Å². The predicted molar refractivity (Wildman–Crippen MR) is 58.6 cm³/mol. The Morgan fingerprint density at radius 1 is 1.60 bits per heavy atom. The van der Waals surface area contributed by atoms with Gasteiger partial charge in [0.2, 0.25) is 0 Å². The molecule has 1 aliphatic rings. The van der Waals surface area contributed by atoms with Gasteiger partial charge in [-0.2, -0.15) is 5.10 Å². The fourth-order valence-corrected chi connectivity index (χ4v) is 1.96. The van der Waals surface area contributed by atoms with Crippen molar-refractivity contribution in [2.75, 3.05) is 6.61 Å². The van der Waals surface area contributed by atoms with Crippen molar-refractivity contribution in [3.8, 4) is 0 Å². The maximum Gasteiger partial charge on any atom is 0.0625 e. The Hall–Kier alpha value is -0.870. The van der Waals surface area contributed by atoms with Crippen molar-refractivity contribution in [1.82, 2.24) is 9.78 Å². The molecule has 0 aliphatic heterocycles. The highest BCUT2D eigenvalue weighted by Gasteiger charge is 2.32. The lowest BCUT2D eigenvalue weighted by Gasteiger charge is -2.14. The van der Waals surface area contributed by atoms with Gasteiger partial charge < -0.3 is 10.8 Å². The zero-order valence-electron chi connectivity index (χ0n) is 9.35. The number of hydrogen-bond donors (Lipinski definition) is 2. The minimum Gasteiger partial charge on any atom is -0.394 e. The van der Waals surface area contributed by atoms with Crippen LogP contribution in [0, 0.1) is 0 Å². The topological polar surface area (TPSA) is 64.1 Å². The molecule has 1 fully saturated rings. The Kier molecular flexibility index (Phi) is 2.80. The van der Waals surface area contributed by atoms with Crippen molar-refractivity contribution in [1.29, 1.82) is 0 Å². The van der Waals surface area contributed by atoms with Crippen LogP contribution in [0.15, 0.2) is 6.20 Å². The largest absolute Gasteiger partial charge is 0.394 e. The lowest BCUT2D eigenvalue weighted by atomic mass is 10.1. The summed E-state index contributed by atoms with van der Waals surface area (Å²) in [4.78, 5) is 0. The summed E-state index contributed by atoms with van der Waals surface area (Å²) in [7, 11) is 0. The first-order valence-corrected chi connectivity index (χ1v) is 5.59. The number of rotatable bonds is 4. The number of nitrogens with zero attached hydrogens (tertiary/aromatic N) is 2. The van der Waals surface area contributed by atoms with E-state index >= 15 is 0 Å². The number of aliphatic hydroxyl groups is 1. The highest BCUT2D eigenvalue weighted by molar-refractivity contribution is 5.29. The molecule has 1 heterocycles.